The molecule has 0 spiro atoms. The summed E-state index contributed by atoms with van der Waals surface area (Å²) in [4.78, 5) is 12.7. The van der Waals surface area contributed by atoms with Crippen molar-refractivity contribution in [2.24, 2.45) is 0 Å². The van der Waals surface area contributed by atoms with E-state index in [4.69, 9.17) is 16.0 Å². The molecular weight excluding hydrogens is 402 g/mol. The summed E-state index contributed by atoms with van der Waals surface area (Å²) in [5.41, 5.74) is 3.04. The zero-order valence-electron chi connectivity index (χ0n) is 17.6. The van der Waals surface area contributed by atoms with Crippen LogP contribution in [0.25, 0.3) is 11.0 Å². The third kappa shape index (κ3) is 4.40. The second kappa shape index (κ2) is 8.44. The van der Waals surface area contributed by atoms with E-state index in [1.54, 1.807) is 6.07 Å². The van der Waals surface area contributed by atoms with Crippen LogP contribution in [-0.2, 0) is 6.54 Å². The SMILES string of the molecule is Cc1cc(C(=O)NC2CCC(O)CC2)nn1Cc1cc(Cl)cc2cc(C(C)C)oc12. The lowest BCUT2D eigenvalue weighted by Crippen LogP contribution is -2.38. The number of carbonyl (C=O) groups is 1. The fourth-order valence-electron chi connectivity index (χ4n) is 4.03. The van der Waals surface area contributed by atoms with Crippen LogP contribution in [0.1, 0.15) is 73.0 Å². The van der Waals surface area contributed by atoms with Gasteiger partial charge in [0.25, 0.3) is 5.91 Å². The molecule has 0 unspecified atom stereocenters. The summed E-state index contributed by atoms with van der Waals surface area (Å²) in [6.07, 6.45) is 2.80. The van der Waals surface area contributed by atoms with Gasteiger partial charge in [0.15, 0.2) is 0 Å². The van der Waals surface area contributed by atoms with Crippen molar-refractivity contribution in [2.75, 3.05) is 0 Å². The van der Waals surface area contributed by atoms with Crippen LogP contribution in [0.15, 0.2) is 28.7 Å². The maximum absolute atomic E-state index is 12.7. The summed E-state index contributed by atoms with van der Waals surface area (Å²) in [7, 11) is 0. The highest BCUT2D eigenvalue weighted by atomic mass is 35.5. The van der Waals surface area contributed by atoms with Crippen LogP contribution in [-0.4, -0.2) is 32.9 Å². The molecule has 2 N–H and O–H groups in total. The third-order valence-electron chi connectivity index (χ3n) is 5.81. The highest BCUT2D eigenvalue weighted by Gasteiger charge is 2.23. The molecule has 1 aliphatic rings. The average molecular weight is 430 g/mol. The maximum atomic E-state index is 12.7. The van der Waals surface area contributed by atoms with Gasteiger partial charge in [-0.3, -0.25) is 9.48 Å². The molecule has 2 aromatic heterocycles. The quantitative estimate of drug-likeness (QED) is 0.610. The van der Waals surface area contributed by atoms with Crippen LogP contribution in [0, 0.1) is 6.92 Å². The van der Waals surface area contributed by atoms with E-state index < -0.39 is 0 Å². The maximum Gasteiger partial charge on any atom is 0.272 e. The number of rotatable bonds is 5. The molecule has 1 aromatic carbocycles. The topological polar surface area (TPSA) is 80.3 Å². The second-order valence-electron chi connectivity index (χ2n) is 8.59. The van der Waals surface area contributed by atoms with Gasteiger partial charge in [-0.2, -0.15) is 5.10 Å². The average Bonchev–Trinajstić information content (AvgIpc) is 3.28. The van der Waals surface area contributed by atoms with Crippen molar-refractivity contribution in [1.82, 2.24) is 15.1 Å². The number of halogens is 1. The molecule has 0 radical (unpaired) electrons. The van der Waals surface area contributed by atoms with Crippen LogP contribution in [0.4, 0.5) is 0 Å². The van der Waals surface area contributed by atoms with Gasteiger partial charge in [0.05, 0.1) is 12.6 Å². The Balaban J connectivity index is 1.54. The van der Waals surface area contributed by atoms with Crippen molar-refractivity contribution in [3.8, 4) is 0 Å². The fraction of sp³-hybridized carbons (Fsp3) is 0.478. The number of furan rings is 1. The third-order valence-corrected chi connectivity index (χ3v) is 6.03. The van der Waals surface area contributed by atoms with E-state index in [-0.39, 0.29) is 24.0 Å². The number of aryl methyl sites for hydroxylation is 1. The van der Waals surface area contributed by atoms with E-state index >= 15 is 0 Å². The van der Waals surface area contributed by atoms with Crippen LogP contribution in [0.2, 0.25) is 5.02 Å². The Morgan fingerprint density at radius 3 is 2.70 bits per heavy atom. The van der Waals surface area contributed by atoms with E-state index in [2.05, 4.69) is 24.3 Å². The lowest BCUT2D eigenvalue weighted by Gasteiger charge is -2.25. The van der Waals surface area contributed by atoms with Gasteiger partial charge in [-0.25, -0.2) is 0 Å². The highest BCUT2D eigenvalue weighted by Crippen LogP contribution is 2.31. The normalized spacial score (nSPS) is 19.5. The van der Waals surface area contributed by atoms with Crippen molar-refractivity contribution in [1.29, 1.82) is 0 Å². The first-order valence-corrected chi connectivity index (χ1v) is 10.9. The van der Waals surface area contributed by atoms with Crippen LogP contribution >= 0.6 is 11.6 Å². The Kier molecular flexibility index (Phi) is 5.89. The van der Waals surface area contributed by atoms with E-state index in [9.17, 15) is 9.90 Å². The zero-order valence-corrected chi connectivity index (χ0v) is 18.4. The van der Waals surface area contributed by atoms with Crippen molar-refractivity contribution < 1.29 is 14.3 Å². The summed E-state index contributed by atoms with van der Waals surface area (Å²) in [5.74, 6) is 1.03. The zero-order chi connectivity index (χ0) is 21.4. The molecule has 0 aliphatic heterocycles. The monoisotopic (exact) mass is 429 g/mol. The number of hydrogen-bond donors (Lipinski definition) is 2. The Bertz CT molecular complexity index is 1060. The number of aliphatic hydroxyl groups excluding tert-OH is 1. The van der Waals surface area contributed by atoms with Gasteiger partial charge in [0, 0.05) is 33.6 Å². The van der Waals surface area contributed by atoms with E-state index in [0.717, 1.165) is 53.7 Å². The highest BCUT2D eigenvalue weighted by molar-refractivity contribution is 6.31. The Labute approximate surface area is 181 Å². The molecule has 6 nitrogen and oxygen atoms in total. The standard InChI is InChI=1S/C23H28ClN3O3/c1-13(2)21-11-15-9-17(24)10-16(22(15)30-21)12-27-14(3)8-20(26-27)23(29)25-18-4-6-19(28)7-5-18/h8-11,13,18-19,28H,4-7,12H2,1-3H3,(H,25,29). The Morgan fingerprint density at radius 2 is 2.00 bits per heavy atom. The summed E-state index contributed by atoms with van der Waals surface area (Å²) in [6, 6.07) is 7.73. The summed E-state index contributed by atoms with van der Waals surface area (Å²) >= 11 is 6.34. The summed E-state index contributed by atoms with van der Waals surface area (Å²) < 4.78 is 7.90. The molecule has 0 bridgehead atoms. The smallest absolute Gasteiger partial charge is 0.272 e. The molecular formula is C23H28ClN3O3. The lowest BCUT2D eigenvalue weighted by atomic mass is 9.93. The Hall–Kier alpha value is -2.31. The lowest BCUT2D eigenvalue weighted by molar-refractivity contribution is 0.0862. The number of aliphatic hydroxyl groups is 1. The minimum Gasteiger partial charge on any atom is -0.460 e. The molecule has 0 atom stereocenters. The number of aromatic nitrogens is 2. The first-order valence-electron chi connectivity index (χ1n) is 10.6. The summed E-state index contributed by atoms with van der Waals surface area (Å²) in [6.45, 7) is 6.59. The van der Waals surface area contributed by atoms with E-state index in [1.807, 2.05) is 29.8 Å². The number of carbonyl (C=O) groups excluding carboxylic acids is 1. The molecule has 1 amide bonds. The van der Waals surface area contributed by atoms with Gasteiger partial charge in [-0.1, -0.05) is 25.4 Å². The predicted molar refractivity (Wildman–Crippen MR) is 117 cm³/mol. The van der Waals surface area contributed by atoms with Gasteiger partial charge in [-0.05, 0) is 56.9 Å². The number of hydrogen-bond acceptors (Lipinski definition) is 4. The van der Waals surface area contributed by atoms with Crippen molar-refractivity contribution in [3.05, 3.63) is 52.0 Å². The molecule has 3 aromatic rings. The molecule has 4 rings (SSSR count). The number of benzene rings is 1. The number of fused-ring (bicyclic) bond motifs is 1. The minimum absolute atomic E-state index is 0.0940. The van der Waals surface area contributed by atoms with Gasteiger partial charge >= 0.3 is 0 Å². The predicted octanol–water partition coefficient (Wildman–Crippen LogP) is 4.80. The van der Waals surface area contributed by atoms with Crippen molar-refractivity contribution in [2.45, 2.75) is 71.1 Å². The second-order valence-corrected chi connectivity index (χ2v) is 9.03. The summed E-state index contributed by atoms with van der Waals surface area (Å²) in [5, 5.41) is 18.8. The Morgan fingerprint density at radius 1 is 1.27 bits per heavy atom. The van der Waals surface area contributed by atoms with Gasteiger partial charge in [0.2, 0.25) is 0 Å². The van der Waals surface area contributed by atoms with Gasteiger partial charge < -0.3 is 14.8 Å². The van der Waals surface area contributed by atoms with Crippen LogP contribution < -0.4 is 5.32 Å². The van der Waals surface area contributed by atoms with Gasteiger partial charge in [-0.15, -0.1) is 0 Å². The van der Waals surface area contributed by atoms with Crippen LogP contribution in [0.3, 0.4) is 0 Å². The molecule has 160 valence electrons. The van der Waals surface area contributed by atoms with E-state index in [1.165, 1.54) is 0 Å². The number of nitrogens with one attached hydrogen (secondary N) is 1. The van der Waals surface area contributed by atoms with Crippen molar-refractivity contribution in [3.63, 3.8) is 0 Å². The minimum atomic E-state index is -0.244. The van der Waals surface area contributed by atoms with Gasteiger partial charge in [0.1, 0.15) is 17.0 Å². The molecule has 7 heteroatoms. The molecule has 30 heavy (non-hydrogen) atoms. The fourth-order valence-corrected chi connectivity index (χ4v) is 4.28. The van der Waals surface area contributed by atoms with Crippen molar-refractivity contribution >= 4 is 28.5 Å². The first-order chi connectivity index (χ1) is 14.3. The number of nitrogens with zero attached hydrogens (tertiary/aromatic N) is 2. The van der Waals surface area contributed by atoms with Crippen LogP contribution in [0.5, 0.6) is 0 Å². The molecule has 1 fully saturated rings. The molecule has 2 heterocycles. The largest absolute Gasteiger partial charge is 0.460 e. The molecule has 0 saturated heterocycles. The first kappa shape index (κ1) is 20.9. The molecule has 1 aliphatic carbocycles. The number of amides is 1. The van der Waals surface area contributed by atoms with E-state index in [0.29, 0.717) is 17.3 Å². The molecule has 1 saturated carbocycles.